The number of hydrogen-bond donors (Lipinski definition) is 1. The molecular weight excluding hydrogens is 478 g/mol. The lowest BCUT2D eigenvalue weighted by Crippen LogP contribution is -2.52. The maximum Gasteiger partial charge on any atom is 0.239 e. The van der Waals surface area contributed by atoms with E-state index in [0.29, 0.717) is 10.6 Å². The predicted molar refractivity (Wildman–Crippen MR) is 139 cm³/mol. The first-order valence-electron chi connectivity index (χ1n) is 10.9. The first-order valence-corrected chi connectivity index (χ1v) is 12.2. The molecule has 1 aliphatic rings. The van der Waals surface area contributed by atoms with E-state index in [0.717, 1.165) is 27.1 Å². The lowest BCUT2D eigenvalue weighted by atomic mass is 9.76. The van der Waals surface area contributed by atoms with Gasteiger partial charge in [0.15, 0.2) is 5.96 Å². The van der Waals surface area contributed by atoms with Gasteiger partial charge in [0.05, 0.1) is 29.0 Å². The number of likely N-dealkylation sites (N-methyl/N-ethyl adjacent to an activating group) is 1. The largest absolute Gasteiger partial charge is 0.369 e. The van der Waals surface area contributed by atoms with E-state index < -0.39 is 16.9 Å². The molecular formula is C27H24ClN5OS. The number of guanidine groups is 1. The summed E-state index contributed by atoms with van der Waals surface area (Å²) >= 11 is 7.70. The number of rotatable bonds is 4. The summed E-state index contributed by atoms with van der Waals surface area (Å²) in [7, 11) is 1.62. The molecule has 1 amide bonds. The molecule has 0 bridgehead atoms. The van der Waals surface area contributed by atoms with Gasteiger partial charge in [0.1, 0.15) is 5.54 Å². The molecule has 2 heterocycles. The molecule has 0 aliphatic carbocycles. The van der Waals surface area contributed by atoms with E-state index in [-0.39, 0.29) is 11.9 Å². The van der Waals surface area contributed by atoms with Gasteiger partial charge in [0, 0.05) is 16.9 Å². The quantitative estimate of drug-likeness (QED) is 0.507. The third-order valence-corrected chi connectivity index (χ3v) is 7.91. The first kappa shape index (κ1) is 24.5. The highest BCUT2D eigenvalue weighted by Crippen LogP contribution is 2.47. The maximum absolute atomic E-state index is 13.5. The molecule has 4 rings (SSSR count). The Bertz CT molecular complexity index is 1430. The van der Waals surface area contributed by atoms with Crippen LogP contribution in [0, 0.1) is 22.7 Å². The normalized spacial score (nSPS) is 20.2. The van der Waals surface area contributed by atoms with Crippen LogP contribution in [0.25, 0.3) is 11.1 Å². The van der Waals surface area contributed by atoms with Crippen molar-refractivity contribution in [2.75, 3.05) is 7.05 Å². The van der Waals surface area contributed by atoms with Gasteiger partial charge >= 0.3 is 0 Å². The van der Waals surface area contributed by atoms with Crippen LogP contribution in [-0.2, 0) is 15.7 Å². The SMILES string of the molecule is CN1C(=O)[C@@H](c2ccc(C(C)(C)C#N)cc2)[C@@](C)(c2cc(-c3cc(Cl)cc(C#N)c3)cs2)N=C1N. The van der Waals surface area contributed by atoms with Crippen LogP contribution in [0.15, 0.2) is 58.9 Å². The van der Waals surface area contributed by atoms with Crippen molar-refractivity contribution in [1.29, 1.82) is 10.5 Å². The number of benzene rings is 2. The van der Waals surface area contributed by atoms with Crippen LogP contribution in [0.4, 0.5) is 0 Å². The minimum absolute atomic E-state index is 0.153. The van der Waals surface area contributed by atoms with E-state index in [9.17, 15) is 15.3 Å². The lowest BCUT2D eigenvalue weighted by molar-refractivity contribution is -0.130. The van der Waals surface area contributed by atoms with Crippen molar-refractivity contribution in [3.8, 4) is 23.3 Å². The summed E-state index contributed by atoms with van der Waals surface area (Å²) in [4.78, 5) is 20.6. The Labute approximate surface area is 213 Å². The maximum atomic E-state index is 13.5. The summed E-state index contributed by atoms with van der Waals surface area (Å²) in [6.07, 6.45) is 0. The molecule has 0 fully saturated rings. The van der Waals surface area contributed by atoms with Gasteiger partial charge in [-0.05, 0) is 72.7 Å². The zero-order valence-electron chi connectivity index (χ0n) is 19.8. The van der Waals surface area contributed by atoms with E-state index in [1.807, 2.05) is 56.5 Å². The van der Waals surface area contributed by atoms with Gasteiger partial charge in [0.25, 0.3) is 0 Å². The van der Waals surface area contributed by atoms with Gasteiger partial charge in [-0.2, -0.15) is 10.5 Å². The Hall–Kier alpha value is -3.65. The van der Waals surface area contributed by atoms with E-state index in [1.165, 1.54) is 16.2 Å². The topological polar surface area (TPSA) is 106 Å². The van der Waals surface area contributed by atoms with Gasteiger partial charge in [0.2, 0.25) is 5.91 Å². The average molecular weight is 502 g/mol. The second-order valence-corrected chi connectivity index (χ2v) is 10.7. The standard InChI is InChI=1S/C27H24ClN5OS/c1-26(2,15-30)20-7-5-17(6-8-20)23-24(34)33(4)25(31)32-27(23,3)22-12-19(14-35-22)18-9-16(13-29)10-21(28)11-18/h5-12,14,23H,1-4H3,(H2,31,32)/t23-,27-/m1/s1. The zero-order valence-corrected chi connectivity index (χ0v) is 21.4. The molecule has 35 heavy (non-hydrogen) atoms. The van der Waals surface area contributed by atoms with Crippen LogP contribution in [0.1, 0.15) is 48.3 Å². The molecule has 2 atom stereocenters. The van der Waals surface area contributed by atoms with E-state index >= 15 is 0 Å². The first-order chi connectivity index (χ1) is 16.5. The highest BCUT2D eigenvalue weighted by atomic mass is 35.5. The number of carbonyl (C=O) groups is 1. The van der Waals surface area contributed by atoms with Crippen molar-refractivity contribution in [2.24, 2.45) is 10.7 Å². The third-order valence-electron chi connectivity index (χ3n) is 6.53. The number of thiophene rings is 1. The van der Waals surface area contributed by atoms with E-state index in [4.69, 9.17) is 22.3 Å². The predicted octanol–water partition coefficient (Wildman–Crippen LogP) is 5.53. The minimum atomic E-state index is -0.945. The summed E-state index contributed by atoms with van der Waals surface area (Å²) in [6, 6.07) is 19.2. The fourth-order valence-corrected chi connectivity index (χ4v) is 5.61. The number of nitrogens with zero attached hydrogens (tertiary/aromatic N) is 4. The molecule has 1 aliphatic heterocycles. The van der Waals surface area contributed by atoms with Crippen molar-refractivity contribution in [1.82, 2.24) is 4.90 Å². The molecule has 2 N–H and O–H groups in total. The number of halogens is 1. The van der Waals surface area contributed by atoms with Gasteiger partial charge < -0.3 is 5.73 Å². The van der Waals surface area contributed by atoms with Gasteiger partial charge in [-0.1, -0.05) is 35.9 Å². The van der Waals surface area contributed by atoms with Crippen molar-refractivity contribution in [2.45, 2.75) is 37.6 Å². The molecule has 0 saturated carbocycles. The third kappa shape index (κ3) is 4.30. The van der Waals surface area contributed by atoms with Gasteiger partial charge in [-0.25, -0.2) is 4.99 Å². The summed E-state index contributed by atoms with van der Waals surface area (Å²) in [6.45, 7) is 5.63. The number of hydrogen-bond acceptors (Lipinski definition) is 6. The highest BCUT2D eigenvalue weighted by Gasteiger charge is 2.48. The minimum Gasteiger partial charge on any atom is -0.369 e. The van der Waals surface area contributed by atoms with Crippen molar-refractivity contribution >= 4 is 34.8 Å². The number of nitrogens with two attached hydrogens (primary N) is 1. The fourth-order valence-electron chi connectivity index (χ4n) is 4.32. The van der Waals surface area contributed by atoms with Crippen molar-refractivity contribution in [3.63, 3.8) is 0 Å². The molecule has 0 spiro atoms. The highest BCUT2D eigenvalue weighted by molar-refractivity contribution is 7.10. The Morgan fingerprint density at radius 1 is 1.14 bits per heavy atom. The van der Waals surface area contributed by atoms with Crippen molar-refractivity contribution < 1.29 is 4.79 Å². The summed E-state index contributed by atoms with van der Waals surface area (Å²) in [5.41, 5.74) is 8.42. The summed E-state index contributed by atoms with van der Waals surface area (Å²) in [5, 5.41) is 21.2. The molecule has 176 valence electrons. The molecule has 0 unspecified atom stereocenters. The van der Waals surface area contributed by atoms with Gasteiger partial charge in [-0.3, -0.25) is 9.69 Å². The molecule has 8 heteroatoms. The second kappa shape index (κ2) is 8.85. The number of aliphatic imine (C=N–C) groups is 1. The lowest BCUT2D eigenvalue weighted by Gasteiger charge is -2.40. The Kier molecular flexibility index (Phi) is 6.19. The van der Waals surface area contributed by atoms with Gasteiger partial charge in [-0.15, -0.1) is 11.3 Å². The molecule has 6 nitrogen and oxygen atoms in total. The van der Waals surface area contributed by atoms with Crippen LogP contribution in [0.5, 0.6) is 0 Å². The zero-order chi connectivity index (χ0) is 25.5. The van der Waals surface area contributed by atoms with E-state index in [2.05, 4.69) is 12.1 Å². The molecule has 2 aromatic carbocycles. The fraction of sp³-hybridized carbons (Fsp3) is 0.259. The number of amides is 1. The molecule has 1 aromatic heterocycles. The summed E-state index contributed by atoms with van der Waals surface area (Å²) < 4.78 is 0. The van der Waals surface area contributed by atoms with Crippen LogP contribution < -0.4 is 5.73 Å². The number of nitriles is 2. The van der Waals surface area contributed by atoms with Crippen LogP contribution in [0.3, 0.4) is 0 Å². The molecule has 0 radical (unpaired) electrons. The monoisotopic (exact) mass is 501 g/mol. The van der Waals surface area contributed by atoms with Crippen LogP contribution in [0.2, 0.25) is 5.02 Å². The Morgan fingerprint density at radius 3 is 2.46 bits per heavy atom. The average Bonchev–Trinajstić information content (AvgIpc) is 3.34. The Balaban J connectivity index is 1.82. The number of carbonyl (C=O) groups excluding carboxylic acids is 1. The second-order valence-electron chi connectivity index (χ2n) is 9.35. The molecule has 3 aromatic rings. The van der Waals surface area contributed by atoms with Crippen LogP contribution in [-0.4, -0.2) is 23.8 Å². The van der Waals surface area contributed by atoms with Crippen LogP contribution >= 0.6 is 22.9 Å². The summed E-state index contributed by atoms with van der Waals surface area (Å²) in [5.74, 6) is -0.614. The van der Waals surface area contributed by atoms with Crippen molar-refractivity contribution in [3.05, 3.63) is 80.5 Å². The smallest absolute Gasteiger partial charge is 0.239 e. The molecule has 0 saturated heterocycles. The van der Waals surface area contributed by atoms with E-state index in [1.54, 1.807) is 25.2 Å². The Morgan fingerprint density at radius 2 is 1.83 bits per heavy atom.